The fourth-order valence-electron chi connectivity index (χ4n) is 4.31. The van der Waals surface area contributed by atoms with E-state index in [1.54, 1.807) is 6.20 Å². The molecule has 3 heterocycles. The lowest BCUT2D eigenvalue weighted by atomic mass is 9.93. The predicted octanol–water partition coefficient (Wildman–Crippen LogP) is 3.28. The Morgan fingerprint density at radius 2 is 2.03 bits per heavy atom. The van der Waals surface area contributed by atoms with Crippen LogP contribution in [0.15, 0.2) is 24.7 Å². The molecule has 2 aliphatic rings. The van der Waals surface area contributed by atoms with Crippen LogP contribution < -0.4 is 10.1 Å². The topological polar surface area (TPSA) is 72.3 Å². The molecule has 1 aliphatic carbocycles. The van der Waals surface area contributed by atoms with Crippen LogP contribution >= 0.6 is 0 Å². The van der Waals surface area contributed by atoms with Gasteiger partial charge in [0.15, 0.2) is 0 Å². The van der Waals surface area contributed by atoms with Crippen LogP contribution in [0.2, 0.25) is 0 Å². The Morgan fingerprint density at radius 3 is 2.76 bits per heavy atom. The summed E-state index contributed by atoms with van der Waals surface area (Å²) in [6.45, 7) is 7.75. The van der Waals surface area contributed by atoms with E-state index in [-0.39, 0.29) is 18.2 Å². The molecule has 0 radical (unpaired) electrons. The molecule has 0 saturated carbocycles. The fourth-order valence-corrected chi connectivity index (χ4v) is 4.31. The molecule has 2 amide bonds. The van der Waals surface area contributed by atoms with E-state index in [4.69, 9.17) is 4.74 Å². The van der Waals surface area contributed by atoms with Gasteiger partial charge in [-0.3, -0.25) is 9.67 Å². The minimum Gasteiger partial charge on any atom is -0.490 e. The number of carbonyl (C=O) groups is 1. The summed E-state index contributed by atoms with van der Waals surface area (Å²) in [7, 11) is 0. The summed E-state index contributed by atoms with van der Waals surface area (Å²) in [6.07, 6.45) is 10.2. The van der Waals surface area contributed by atoms with Gasteiger partial charge in [0.25, 0.3) is 0 Å². The highest BCUT2D eigenvalue weighted by Gasteiger charge is 2.28. The highest BCUT2D eigenvalue weighted by Crippen LogP contribution is 2.25. The van der Waals surface area contributed by atoms with Gasteiger partial charge in [-0.15, -0.1) is 0 Å². The number of amides is 2. The van der Waals surface area contributed by atoms with Gasteiger partial charge in [-0.25, -0.2) is 4.79 Å². The first-order valence-corrected chi connectivity index (χ1v) is 10.7. The maximum Gasteiger partial charge on any atom is 0.317 e. The first-order chi connectivity index (χ1) is 14.0. The van der Waals surface area contributed by atoms with Crippen LogP contribution in [-0.4, -0.2) is 50.9 Å². The number of nitrogens with one attached hydrogen (secondary N) is 1. The third-order valence-electron chi connectivity index (χ3n) is 6.00. The second kappa shape index (κ2) is 8.43. The number of hydrogen-bond acceptors (Lipinski definition) is 4. The Labute approximate surface area is 172 Å². The first kappa shape index (κ1) is 19.7. The van der Waals surface area contributed by atoms with Gasteiger partial charge in [0.05, 0.1) is 6.20 Å². The van der Waals surface area contributed by atoms with Crippen LogP contribution in [0.5, 0.6) is 5.75 Å². The molecule has 2 aromatic rings. The smallest absolute Gasteiger partial charge is 0.317 e. The Bertz CT molecular complexity index is 855. The molecule has 1 unspecified atom stereocenters. The van der Waals surface area contributed by atoms with Crippen molar-refractivity contribution in [1.82, 2.24) is 25.0 Å². The van der Waals surface area contributed by atoms with Crippen molar-refractivity contribution in [2.75, 3.05) is 13.1 Å². The average molecular weight is 398 g/mol. The van der Waals surface area contributed by atoms with E-state index < -0.39 is 0 Å². The molecule has 1 fully saturated rings. The lowest BCUT2D eigenvalue weighted by Gasteiger charge is -2.34. The molecule has 0 bridgehead atoms. The number of fused-ring (bicyclic) bond motifs is 1. The molecule has 1 aliphatic heterocycles. The minimum absolute atomic E-state index is 0.0487. The third-order valence-corrected chi connectivity index (χ3v) is 6.00. The molecule has 2 aromatic heterocycles. The zero-order valence-electron chi connectivity index (χ0n) is 17.6. The average Bonchev–Trinajstić information content (AvgIpc) is 3.14. The largest absolute Gasteiger partial charge is 0.490 e. The first-order valence-electron chi connectivity index (χ1n) is 10.7. The van der Waals surface area contributed by atoms with E-state index in [1.165, 1.54) is 11.3 Å². The van der Waals surface area contributed by atoms with Gasteiger partial charge in [-0.05, 0) is 45.2 Å². The van der Waals surface area contributed by atoms with Crippen LogP contribution in [-0.2, 0) is 12.8 Å². The van der Waals surface area contributed by atoms with Crippen molar-refractivity contribution in [3.8, 4) is 5.75 Å². The van der Waals surface area contributed by atoms with E-state index in [9.17, 15) is 4.79 Å². The normalized spacial score (nSPS) is 19.9. The molecule has 156 valence electrons. The van der Waals surface area contributed by atoms with Gasteiger partial charge in [-0.1, -0.05) is 0 Å². The summed E-state index contributed by atoms with van der Waals surface area (Å²) >= 11 is 0. The van der Waals surface area contributed by atoms with E-state index in [0.717, 1.165) is 56.5 Å². The van der Waals surface area contributed by atoms with Crippen molar-refractivity contribution < 1.29 is 9.53 Å². The number of aromatic nitrogens is 3. The number of aryl methyl sites for hydroxylation is 2. The summed E-state index contributed by atoms with van der Waals surface area (Å²) in [6, 6.07) is 2.48. The van der Waals surface area contributed by atoms with Crippen molar-refractivity contribution in [3.05, 3.63) is 41.5 Å². The van der Waals surface area contributed by atoms with Crippen molar-refractivity contribution in [2.45, 2.75) is 71.1 Å². The van der Waals surface area contributed by atoms with Gasteiger partial charge in [0.1, 0.15) is 11.9 Å². The van der Waals surface area contributed by atoms with Gasteiger partial charge in [0.2, 0.25) is 0 Å². The van der Waals surface area contributed by atoms with Crippen molar-refractivity contribution in [2.24, 2.45) is 0 Å². The number of urea groups is 1. The number of pyridine rings is 1. The molecular formula is C22H31N5O2. The fraction of sp³-hybridized carbons (Fsp3) is 0.591. The number of rotatable bonds is 4. The SMILES string of the molecule is Cc1cnccc1OC1CCN(C(=O)NC2CCc3cnn(C(C)C)c3C2)CC1. The Morgan fingerprint density at radius 1 is 1.24 bits per heavy atom. The minimum atomic E-state index is 0.0487. The van der Waals surface area contributed by atoms with Crippen LogP contribution in [0.3, 0.4) is 0 Å². The zero-order valence-corrected chi connectivity index (χ0v) is 17.6. The molecular weight excluding hydrogens is 366 g/mol. The number of likely N-dealkylation sites (tertiary alicyclic amines) is 1. The molecule has 0 spiro atoms. The third kappa shape index (κ3) is 4.38. The molecule has 1 atom stereocenters. The molecule has 29 heavy (non-hydrogen) atoms. The summed E-state index contributed by atoms with van der Waals surface area (Å²) < 4.78 is 8.22. The zero-order chi connectivity index (χ0) is 20.4. The Hall–Kier alpha value is -2.57. The molecule has 0 aromatic carbocycles. The quantitative estimate of drug-likeness (QED) is 0.859. The molecule has 7 heteroatoms. The van der Waals surface area contributed by atoms with Crippen molar-refractivity contribution in [1.29, 1.82) is 0 Å². The van der Waals surface area contributed by atoms with Crippen LogP contribution in [0.4, 0.5) is 4.79 Å². The number of nitrogens with zero attached hydrogens (tertiary/aromatic N) is 4. The van der Waals surface area contributed by atoms with E-state index >= 15 is 0 Å². The van der Waals surface area contributed by atoms with Crippen LogP contribution in [0.25, 0.3) is 0 Å². The highest BCUT2D eigenvalue weighted by molar-refractivity contribution is 5.74. The molecule has 1 saturated heterocycles. The molecule has 7 nitrogen and oxygen atoms in total. The highest BCUT2D eigenvalue weighted by atomic mass is 16.5. The monoisotopic (exact) mass is 397 g/mol. The molecule has 4 rings (SSSR count). The maximum atomic E-state index is 12.8. The van der Waals surface area contributed by atoms with E-state index in [0.29, 0.717) is 6.04 Å². The number of ether oxygens (including phenoxy) is 1. The second-order valence-electron chi connectivity index (χ2n) is 8.49. The standard InChI is InChI=1S/C22H31N5O2/c1-15(2)27-20-12-18(5-4-17(20)14-24-27)25-22(28)26-10-7-19(8-11-26)29-21-6-9-23-13-16(21)3/h6,9,13-15,18-19H,4-5,7-8,10-12H2,1-3H3,(H,25,28). The predicted molar refractivity (Wildman–Crippen MR) is 111 cm³/mol. The summed E-state index contributed by atoms with van der Waals surface area (Å²) in [4.78, 5) is 18.8. The number of hydrogen-bond donors (Lipinski definition) is 1. The van der Waals surface area contributed by atoms with Gasteiger partial charge in [0, 0.05) is 68.1 Å². The van der Waals surface area contributed by atoms with E-state index in [1.807, 2.05) is 30.3 Å². The van der Waals surface area contributed by atoms with Crippen LogP contribution in [0.1, 0.15) is 56.0 Å². The lowest BCUT2D eigenvalue weighted by Crippen LogP contribution is -2.50. The van der Waals surface area contributed by atoms with Crippen molar-refractivity contribution >= 4 is 6.03 Å². The van der Waals surface area contributed by atoms with Crippen molar-refractivity contribution in [3.63, 3.8) is 0 Å². The summed E-state index contributed by atoms with van der Waals surface area (Å²) in [5.74, 6) is 0.891. The lowest BCUT2D eigenvalue weighted by molar-refractivity contribution is 0.109. The summed E-state index contributed by atoms with van der Waals surface area (Å²) in [5, 5.41) is 7.78. The molecule has 1 N–H and O–H groups in total. The number of carbonyl (C=O) groups excluding carboxylic acids is 1. The Kier molecular flexibility index (Phi) is 5.74. The van der Waals surface area contributed by atoms with E-state index in [2.05, 4.69) is 33.9 Å². The van der Waals surface area contributed by atoms with Gasteiger partial charge in [-0.2, -0.15) is 5.10 Å². The summed E-state index contributed by atoms with van der Waals surface area (Å²) in [5.41, 5.74) is 3.65. The van der Waals surface area contributed by atoms with Crippen LogP contribution in [0, 0.1) is 6.92 Å². The Balaban J connectivity index is 1.28. The van der Waals surface area contributed by atoms with Gasteiger partial charge >= 0.3 is 6.03 Å². The van der Waals surface area contributed by atoms with Gasteiger partial charge < -0.3 is 15.0 Å². The second-order valence-corrected chi connectivity index (χ2v) is 8.49. The maximum absolute atomic E-state index is 12.8. The number of piperidine rings is 1.